The Balaban J connectivity index is 2.19. The first-order chi connectivity index (χ1) is 9.16. The second kappa shape index (κ2) is 4.28. The van der Waals surface area contributed by atoms with Crippen LogP contribution in [0.15, 0.2) is 48.5 Å². The van der Waals surface area contributed by atoms with Gasteiger partial charge in [0.25, 0.3) is 0 Å². The Kier molecular flexibility index (Phi) is 2.60. The van der Waals surface area contributed by atoms with Gasteiger partial charge in [0.15, 0.2) is 5.88 Å². The van der Waals surface area contributed by atoms with Crippen LogP contribution in [-0.2, 0) is 0 Å². The van der Waals surface area contributed by atoms with Gasteiger partial charge in [0, 0.05) is 16.5 Å². The van der Waals surface area contributed by atoms with E-state index in [0.717, 1.165) is 22.0 Å². The van der Waals surface area contributed by atoms with Crippen LogP contribution < -0.4 is 0 Å². The van der Waals surface area contributed by atoms with Gasteiger partial charge in [-0.1, -0.05) is 42.0 Å². The molecule has 3 aromatic rings. The highest BCUT2D eigenvalue weighted by atomic mass is 16.3. The Labute approximate surface area is 111 Å². The van der Waals surface area contributed by atoms with Crippen LogP contribution in [0.3, 0.4) is 0 Å². The number of hydrogen-bond donors (Lipinski definition) is 3. The van der Waals surface area contributed by atoms with E-state index < -0.39 is 0 Å². The van der Waals surface area contributed by atoms with Crippen LogP contribution in [0.25, 0.3) is 10.9 Å². The van der Waals surface area contributed by atoms with E-state index in [-0.39, 0.29) is 5.88 Å². The molecule has 0 saturated heterocycles. The molecule has 0 saturated carbocycles. The highest BCUT2D eigenvalue weighted by molar-refractivity contribution is 6.19. The minimum Gasteiger partial charge on any atom is -0.494 e. The van der Waals surface area contributed by atoms with Gasteiger partial charge in [-0.25, -0.2) is 0 Å². The fourth-order valence-electron chi connectivity index (χ4n) is 2.33. The van der Waals surface area contributed by atoms with Crippen molar-refractivity contribution in [3.63, 3.8) is 0 Å². The van der Waals surface area contributed by atoms with Crippen LogP contribution >= 0.6 is 0 Å². The van der Waals surface area contributed by atoms with Gasteiger partial charge < -0.3 is 10.1 Å². The van der Waals surface area contributed by atoms with Crippen molar-refractivity contribution in [1.29, 1.82) is 5.41 Å². The number of aromatic hydroxyl groups is 1. The molecule has 3 heteroatoms. The molecule has 0 amide bonds. The molecular weight excluding hydrogens is 236 g/mol. The summed E-state index contributed by atoms with van der Waals surface area (Å²) in [7, 11) is 0. The maximum Gasteiger partial charge on any atom is 0.199 e. The topological polar surface area (TPSA) is 59.9 Å². The lowest BCUT2D eigenvalue weighted by atomic mass is 10.00. The maximum absolute atomic E-state index is 10.0. The highest BCUT2D eigenvalue weighted by Crippen LogP contribution is 2.29. The first-order valence-corrected chi connectivity index (χ1v) is 6.12. The molecule has 94 valence electrons. The number of fused-ring (bicyclic) bond motifs is 1. The van der Waals surface area contributed by atoms with E-state index in [1.54, 1.807) is 0 Å². The van der Waals surface area contributed by atoms with E-state index in [2.05, 4.69) is 4.98 Å². The summed E-state index contributed by atoms with van der Waals surface area (Å²) in [5.74, 6) is 0.0488. The molecule has 0 unspecified atom stereocenters. The van der Waals surface area contributed by atoms with Gasteiger partial charge >= 0.3 is 0 Å². The zero-order valence-corrected chi connectivity index (χ0v) is 10.6. The lowest BCUT2D eigenvalue weighted by molar-refractivity contribution is 0.457. The van der Waals surface area contributed by atoms with Crippen LogP contribution in [0.4, 0.5) is 0 Å². The Morgan fingerprint density at radius 2 is 1.89 bits per heavy atom. The number of benzene rings is 2. The number of aromatic nitrogens is 1. The van der Waals surface area contributed by atoms with Crippen molar-refractivity contribution >= 4 is 16.6 Å². The first kappa shape index (κ1) is 11.5. The lowest BCUT2D eigenvalue weighted by Crippen LogP contribution is -2.01. The minimum absolute atomic E-state index is 0.0488. The van der Waals surface area contributed by atoms with Crippen molar-refractivity contribution < 1.29 is 5.11 Å². The summed E-state index contributed by atoms with van der Waals surface area (Å²) in [5, 5.41) is 19.2. The molecule has 2 aromatic carbocycles. The van der Waals surface area contributed by atoms with Crippen molar-refractivity contribution in [3.05, 3.63) is 65.2 Å². The molecule has 0 aliphatic rings. The summed E-state index contributed by atoms with van der Waals surface area (Å²) in [4.78, 5) is 2.91. The smallest absolute Gasteiger partial charge is 0.199 e. The summed E-state index contributed by atoms with van der Waals surface area (Å²) in [6, 6.07) is 15.4. The minimum atomic E-state index is 0.0488. The predicted octanol–water partition coefficient (Wildman–Crippen LogP) is 3.60. The van der Waals surface area contributed by atoms with Gasteiger partial charge in [-0.05, 0) is 19.1 Å². The number of hydrogen-bond acceptors (Lipinski definition) is 2. The van der Waals surface area contributed by atoms with E-state index in [1.165, 1.54) is 0 Å². The van der Waals surface area contributed by atoms with Crippen molar-refractivity contribution in [2.45, 2.75) is 6.92 Å². The van der Waals surface area contributed by atoms with Gasteiger partial charge in [-0.3, -0.25) is 5.41 Å². The van der Waals surface area contributed by atoms with Gasteiger partial charge in [0.1, 0.15) is 0 Å². The predicted molar refractivity (Wildman–Crippen MR) is 77.1 cm³/mol. The van der Waals surface area contributed by atoms with Crippen LogP contribution in [0.1, 0.15) is 16.7 Å². The van der Waals surface area contributed by atoms with Crippen molar-refractivity contribution in [2.75, 3.05) is 0 Å². The summed E-state index contributed by atoms with van der Waals surface area (Å²) in [6.07, 6.45) is 0. The van der Waals surface area contributed by atoms with Gasteiger partial charge in [0.2, 0.25) is 0 Å². The number of para-hydroxylation sites is 1. The van der Waals surface area contributed by atoms with Crippen LogP contribution in [0.5, 0.6) is 5.88 Å². The normalized spacial score (nSPS) is 10.8. The van der Waals surface area contributed by atoms with Gasteiger partial charge in [0.05, 0.1) is 11.3 Å². The van der Waals surface area contributed by atoms with Gasteiger partial charge in [-0.15, -0.1) is 0 Å². The molecule has 1 heterocycles. The third-order valence-corrected chi connectivity index (χ3v) is 3.24. The Morgan fingerprint density at radius 3 is 2.68 bits per heavy atom. The highest BCUT2D eigenvalue weighted by Gasteiger charge is 2.16. The van der Waals surface area contributed by atoms with Crippen molar-refractivity contribution in [2.24, 2.45) is 0 Å². The van der Waals surface area contributed by atoms with Crippen molar-refractivity contribution in [1.82, 2.24) is 4.98 Å². The molecule has 3 N–H and O–H groups in total. The molecule has 0 bridgehead atoms. The zero-order chi connectivity index (χ0) is 13.4. The molecule has 3 rings (SSSR count). The molecule has 1 aromatic heterocycles. The SMILES string of the molecule is Cc1cccc(C(=N)c2c(O)[nH]c3ccccc23)c1. The molecular formula is C16H14N2O. The Morgan fingerprint density at radius 1 is 1.11 bits per heavy atom. The van der Waals surface area contributed by atoms with Crippen LogP contribution in [0.2, 0.25) is 0 Å². The molecule has 0 atom stereocenters. The van der Waals surface area contributed by atoms with E-state index in [9.17, 15) is 5.11 Å². The van der Waals surface area contributed by atoms with E-state index in [1.807, 2.05) is 55.5 Å². The summed E-state index contributed by atoms with van der Waals surface area (Å²) < 4.78 is 0. The Bertz CT molecular complexity index is 771. The second-order valence-corrected chi connectivity index (χ2v) is 4.64. The summed E-state index contributed by atoms with van der Waals surface area (Å²) in [5.41, 5.74) is 3.63. The molecule has 19 heavy (non-hydrogen) atoms. The third-order valence-electron chi connectivity index (χ3n) is 3.24. The average Bonchev–Trinajstić information content (AvgIpc) is 2.74. The fourth-order valence-corrected chi connectivity index (χ4v) is 2.33. The van der Waals surface area contributed by atoms with E-state index in [0.29, 0.717) is 11.3 Å². The number of aryl methyl sites for hydroxylation is 1. The third kappa shape index (κ3) is 1.89. The summed E-state index contributed by atoms with van der Waals surface area (Å²) >= 11 is 0. The van der Waals surface area contributed by atoms with Gasteiger partial charge in [-0.2, -0.15) is 0 Å². The standard InChI is InChI=1S/C16H14N2O/c1-10-5-4-6-11(9-10)15(17)14-12-7-2-3-8-13(12)18-16(14)19/h2-9,17-19H,1H3. The maximum atomic E-state index is 10.0. The number of aromatic amines is 1. The van der Waals surface area contributed by atoms with E-state index >= 15 is 0 Å². The van der Waals surface area contributed by atoms with Crippen LogP contribution in [-0.4, -0.2) is 15.8 Å². The monoisotopic (exact) mass is 250 g/mol. The summed E-state index contributed by atoms with van der Waals surface area (Å²) in [6.45, 7) is 1.99. The second-order valence-electron chi connectivity index (χ2n) is 4.64. The molecule has 3 nitrogen and oxygen atoms in total. The lowest BCUT2D eigenvalue weighted by Gasteiger charge is -2.05. The molecule has 0 radical (unpaired) electrons. The quantitative estimate of drug-likeness (QED) is 0.598. The number of H-pyrrole nitrogens is 1. The van der Waals surface area contributed by atoms with E-state index in [4.69, 9.17) is 5.41 Å². The molecule has 0 aliphatic carbocycles. The molecule has 0 aliphatic heterocycles. The molecule has 0 fully saturated rings. The van der Waals surface area contributed by atoms with Crippen LogP contribution in [0, 0.1) is 12.3 Å². The zero-order valence-electron chi connectivity index (χ0n) is 10.6. The average molecular weight is 250 g/mol. The number of nitrogens with one attached hydrogen (secondary N) is 2. The Hall–Kier alpha value is -2.55. The molecule has 0 spiro atoms. The largest absolute Gasteiger partial charge is 0.494 e. The first-order valence-electron chi connectivity index (χ1n) is 6.12. The fraction of sp³-hybridized carbons (Fsp3) is 0.0625. The van der Waals surface area contributed by atoms with Crippen molar-refractivity contribution in [3.8, 4) is 5.88 Å². The number of rotatable bonds is 2.